The summed E-state index contributed by atoms with van der Waals surface area (Å²) < 4.78 is 0. The molecule has 1 aromatic rings. The van der Waals surface area contributed by atoms with Crippen LogP contribution < -0.4 is 5.73 Å². The van der Waals surface area contributed by atoms with E-state index in [9.17, 15) is 4.79 Å². The maximum atomic E-state index is 12.0. The number of nitrogens with two attached hydrogens (primary N) is 1. The number of rotatable bonds is 2. The summed E-state index contributed by atoms with van der Waals surface area (Å²) in [6, 6.07) is 3.64. The Labute approximate surface area is 89.5 Å². The predicted molar refractivity (Wildman–Crippen MR) is 58.5 cm³/mol. The molecule has 82 valence electrons. The smallest absolute Gasteiger partial charge is 0.270 e. The molecule has 1 atom stereocenters. The van der Waals surface area contributed by atoms with E-state index in [1.807, 2.05) is 11.0 Å². The molecule has 0 radical (unpaired) electrons. The van der Waals surface area contributed by atoms with E-state index in [2.05, 4.69) is 11.9 Å². The Kier molecular flexibility index (Phi) is 2.52. The summed E-state index contributed by atoms with van der Waals surface area (Å²) in [4.78, 5) is 16.8. The minimum Gasteiger partial charge on any atom is -0.357 e. The molecule has 0 spiro atoms. The number of H-pyrrole nitrogens is 1. The van der Waals surface area contributed by atoms with Gasteiger partial charge in [0.25, 0.3) is 5.91 Å². The second-order valence-corrected chi connectivity index (χ2v) is 4.58. The van der Waals surface area contributed by atoms with Crippen LogP contribution in [0.4, 0.5) is 0 Å². The first-order valence-electron chi connectivity index (χ1n) is 5.27. The van der Waals surface area contributed by atoms with Crippen LogP contribution >= 0.6 is 0 Å². The number of carbonyl (C=O) groups excluding carboxylic acids is 1. The Morgan fingerprint density at radius 2 is 2.53 bits per heavy atom. The molecule has 1 aliphatic heterocycles. The summed E-state index contributed by atoms with van der Waals surface area (Å²) in [6.45, 7) is 4.35. The van der Waals surface area contributed by atoms with Crippen molar-refractivity contribution in [2.24, 2.45) is 11.1 Å². The lowest BCUT2D eigenvalue weighted by molar-refractivity contribution is 0.0772. The Hall–Kier alpha value is -1.29. The number of carbonyl (C=O) groups is 1. The summed E-state index contributed by atoms with van der Waals surface area (Å²) in [5, 5.41) is 0. The molecular formula is C11H17N3O. The number of nitrogens with zero attached hydrogens (tertiary/aromatic N) is 1. The molecule has 0 aliphatic carbocycles. The minimum atomic E-state index is 0.0807. The van der Waals surface area contributed by atoms with Crippen molar-refractivity contribution in [2.75, 3.05) is 19.6 Å². The zero-order valence-electron chi connectivity index (χ0n) is 8.99. The summed E-state index contributed by atoms with van der Waals surface area (Å²) in [6.07, 6.45) is 2.77. The maximum absolute atomic E-state index is 12.0. The van der Waals surface area contributed by atoms with Crippen molar-refractivity contribution in [2.45, 2.75) is 13.3 Å². The van der Waals surface area contributed by atoms with Gasteiger partial charge in [0.05, 0.1) is 0 Å². The second-order valence-electron chi connectivity index (χ2n) is 4.58. The first-order valence-corrected chi connectivity index (χ1v) is 5.27. The third-order valence-electron chi connectivity index (χ3n) is 3.17. The quantitative estimate of drug-likeness (QED) is 0.754. The summed E-state index contributed by atoms with van der Waals surface area (Å²) in [5.41, 5.74) is 6.47. The first-order chi connectivity index (χ1) is 7.14. The SMILES string of the molecule is CC1(CN)CCN(C(=O)c2ccc[nH]2)C1. The number of aromatic nitrogens is 1. The van der Waals surface area contributed by atoms with Crippen LogP contribution in [0.25, 0.3) is 0 Å². The molecule has 1 unspecified atom stereocenters. The molecule has 4 heteroatoms. The van der Waals surface area contributed by atoms with Gasteiger partial charge in [0.2, 0.25) is 0 Å². The standard InChI is InChI=1S/C11H17N3O/c1-11(7-12)4-6-14(8-11)10(15)9-3-2-5-13-9/h2-3,5,13H,4,6-8,12H2,1H3. The maximum Gasteiger partial charge on any atom is 0.270 e. The van der Waals surface area contributed by atoms with E-state index in [1.54, 1.807) is 12.3 Å². The number of likely N-dealkylation sites (tertiary alicyclic amines) is 1. The molecule has 3 N–H and O–H groups in total. The van der Waals surface area contributed by atoms with Crippen molar-refractivity contribution in [3.8, 4) is 0 Å². The van der Waals surface area contributed by atoms with E-state index in [0.717, 1.165) is 19.5 Å². The highest BCUT2D eigenvalue weighted by Gasteiger charge is 2.35. The van der Waals surface area contributed by atoms with Crippen molar-refractivity contribution in [3.63, 3.8) is 0 Å². The van der Waals surface area contributed by atoms with Crippen LogP contribution in [0.3, 0.4) is 0 Å². The van der Waals surface area contributed by atoms with Crippen molar-refractivity contribution >= 4 is 5.91 Å². The van der Waals surface area contributed by atoms with Gasteiger partial charge in [0.1, 0.15) is 5.69 Å². The Balaban J connectivity index is 2.06. The number of hydrogen-bond donors (Lipinski definition) is 2. The van der Waals surface area contributed by atoms with Gasteiger partial charge in [0, 0.05) is 19.3 Å². The lowest BCUT2D eigenvalue weighted by atomic mass is 9.90. The molecule has 0 bridgehead atoms. The van der Waals surface area contributed by atoms with Crippen molar-refractivity contribution in [3.05, 3.63) is 24.0 Å². The number of hydrogen-bond acceptors (Lipinski definition) is 2. The molecule has 2 heterocycles. The average Bonchev–Trinajstić information content (AvgIpc) is 2.86. The first kappa shape index (κ1) is 10.2. The number of nitrogens with one attached hydrogen (secondary N) is 1. The zero-order valence-corrected chi connectivity index (χ0v) is 8.99. The summed E-state index contributed by atoms with van der Waals surface area (Å²) in [7, 11) is 0. The number of aromatic amines is 1. The average molecular weight is 207 g/mol. The van der Waals surface area contributed by atoms with Crippen LogP contribution in [0.15, 0.2) is 18.3 Å². The fourth-order valence-electron chi connectivity index (χ4n) is 2.00. The Morgan fingerprint density at radius 3 is 3.07 bits per heavy atom. The third-order valence-corrected chi connectivity index (χ3v) is 3.17. The highest BCUT2D eigenvalue weighted by atomic mass is 16.2. The van der Waals surface area contributed by atoms with Gasteiger partial charge in [-0.25, -0.2) is 0 Å². The van der Waals surface area contributed by atoms with Crippen molar-refractivity contribution in [1.29, 1.82) is 0 Å². The molecule has 1 aromatic heterocycles. The van der Waals surface area contributed by atoms with Crippen LogP contribution in [0.2, 0.25) is 0 Å². The molecule has 1 fully saturated rings. The number of amides is 1. The topological polar surface area (TPSA) is 62.1 Å². The van der Waals surface area contributed by atoms with Gasteiger partial charge in [-0.05, 0) is 30.5 Å². The molecule has 4 nitrogen and oxygen atoms in total. The van der Waals surface area contributed by atoms with Gasteiger partial charge in [-0.15, -0.1) is 0 Å². The lowest BCUT2D eigenvalue weighted by Gasteiger charge is -2.22. The normalized spacial score (nSPS) is 25.9. The van der Waals surface area contributed by atoms with Crippen LogP contribution in [-0.4, -0.2) is 35.4 Å². The fourth-order valence-corrected chi connectivity index (χ4v) is 2.00. The molecule has 15 heavy (non-hydrogen) atoms. The van der Waals surface area contributed by atoms with E-state index in [1.165, 1.54) is 0 Å². The van der Waals surface area contributed by atoms with Crippen LogP contribution in [0.1, 0.15) is 23.8 Å². The van der Waals surface area contributed by atoms with Crippen molar-refractivity contribution in [1.82, 2.24) is 9.88 Å². The second kappa shape index (κ2) is 3.70. The molecular weight excluding hydrogens is 190 g/mol. The summed E-state index contributed by atoms with van der Waals surface area (Å²) in [5.74, 6) is 0.0807. The highest BCUT2D eigenvalue weighted by Crippen LogP contribution is 2.29. The Morgan fingerprint density at radius 1 is 1.73 bits per heavy atom. The van der Waals surface area contributed by atoms with E-state index in [0.29, 0.717) is 12.2 Å². The van der Waals surface area contributed by atoms with Crippen LogP contribution in [0.5, 0.6) is 0 Å². The molecule has 1 amide bonds. The molecule has 1 aliphatic rings. The summed E-state index contributed by atoms with van der Waals surface area (Å²) >= 11 is 0. The third kappa shape index (κ3) is 1.90. The Bertz CT molecular complexity index is 347. The molecule has 2 rings (SSSR count). The largest absolute Gasteiger partial charge is 0.357 e. The van der Waals surface area contributed by atoms with E-state index in [-0.39, 0.29) is 11.3 Å². The lowest BCUT2D eigenvalue weighted by Crippen LogP contribution is -2.34. The van der Waals surface area contributed by atoms with E-state index >= 15 is 0 Å². The molecule has 0 aromatic carbocycles. The zero-order chi connectivity index (χ0) is 10.9. The monoisotopic (exact) mass is 207 g/mol. The van der Waals surface area contributed by atoms with Crippen LogP contribution in [0, 0.1) is 5.41 Å². The van der Waals surface area contributed by atoms with Gasteiger partial charge in [0.15, 0.2) is 0 Å². The van der Waals surface area contributed by atoms with Gasteiger partial charge in [-0.1, -0.05) is 6.92 Å². The molecule has 0 saturated carbocycles. The fraction of sp³-hybridized carbons (Fsp3) is 0.545. The van der Waals surface area contributed by atoms with Gasteiger partial charge < -0.3 is 15.6 Å². The van der Waals surface area contributed by atoms with E-state index in [4.69, 9.17) is 5.73 Å². The van der Waals surface area contributed by atoms with Gasteiger partial charge >= 0.3 is 0 Å². The van der Waals surface area contributed by atoms with E-state index < -0.39 is 0 Å². The molecule has 1 saturated heterocycles. The predicted octanol–water partition coefficient (Wildman–Crippen LogP) is 0.826. The highest BCUT2D eigenvalue weighted by molar-refractivity contribution is 5.92. The van der Waals surface area contributed by atoms with Crippen LogP contribution in [-0.2, 0) is 0 Å². The van der Waals surface area contributed by atoms with Gasteiger partial charge in [-0.3, -0.25) is 4.79 Å². The van der Waals surface area contributed by atoms with Crippen molar-refractivity contribution < 1.29 is 4.79 Å². The minimum absolute atomic E-state index is 0.0807. The van der Waals surface area contributed by atoms with Gasteiger partial charge in [-0.2, -0.15) is 0 Å².